The summed E-state index contributed by atoms with van der Waals surface area (Å²) in [4.78, 5) is 16.8. The van der Waals surface area contributed by atoms with E-state index >= 15 is 0 Å². The highest BCUT2D eigenvalue weighted by molar-refractivity contribution is 5.75. The fourth-order valence-electron chi connectivity index (χ4n) is 2.55. The minimum atomic E-state index is -0.868. The SMILES string of the molecule is CC1(c2nc3ccc(F)cc3[nH]2)N=c2cccc(N)c2=N1. The van der Waals surface area contributed by atoms with Crippen molar-refractivity contribution in [1.29, 1.82) is 0 Å². The highest BCUT2D eigenvalue weighted by Crippen LogP contribution is 2.27. The van der Waals surface area contributed by atoms with Gasteiger partial charge in [0.05, 0.1) is 22.1 Å². The average molecular weight is 281 g/mol. The zero-order chi connectivity index (χ0) is 14.6. The summed E-state index contributed by atoms with van der Waals surface area (Å²) in [7, 11) is 0. The van der Waals surface area contributed by atoms with Gasteiger partial charge in [-0.15, -0.1) is 0 Å². The normalized spacial score (nSPS) is 20.1. The lowest BCUT2D eigenvalue weighted by atomic mass is 10.2. The summed E-state index contributed by atoms with van der Waals surface area (Å²) in [5.74, 6) is 0.259. The summed E-state index contributed by atoms with van der Waals surface area (Å²) in [6, 6.07) is 9.91. The van der Waals surface area contributed by atoms with E-state index in [4.69, 9.17) is 5.73 Å². The van der Waals surface area contributed by atoms with Gasteiger partial charge >= 0.3 is 0 Å². The van der Waals surface area contributed by atoms with Gasteiger partial charge in [-0.25, -0.2) is 19.4 Å². The third-order valence-corrected chi connectivity index (χ3v) is 3.61. The summed E-state index contributed by atoms with van der Waals surface area (Å²) >= 11 is 0. The lowest BCUT2D eigenvalue weighted by molar-refractivity contribution is 0.494. The number of fused-ring (bicyclic) bond motifs is 2. The van der Waals surface area contributed by atoms with Crippen LogP contribution in [0.3, 0.4) is 0 Å². The van der Waals surface area contributed by atoms with Gasteiger partial charge < -0.3 is 10.7 Å². The number of rotatable bonds is 1. The summed E-state index contributed by atoms with van der Waals surface area (Å²) in [6.45, 7) is 1.85. The maximum Gasteiger partial charge on any atom is 0.206 e. The average Bonchev–Trinajstić information content (AvgIpc) is 3.00. The number of para-hydroxylation sites is 1. The molecule has 1 aromatic heterocycles. The maximum absolute atomic E-state index is 13.3. The molecule has 1 aliphatic heterocycles. The molecule has 4 rings (SSSR count). The van der Waals surface area contributed by atoms with Gasteiger partial charge in [-0.3, -0.25) is 0 Å². The minimum Gasteiger partial charge on any atom is -0.397 e. The van der Waals surface area contributed by atoms with Crippen molar-refractivity contribution < 1.29 is 4.39 Å². The van der Waals surface area contributed by atoms with Crippen LogP contribution in [0.4, 0.5) is 10.1 Å². The van der Waals surface area contributed by atoms with E-state index in [2.05, 4.69) is 20.0 Å². The Hall–Kier alpha value is -2.76. The van der Waals surface area contributed by atoms with E-state index in [1.807, 2.05) is 19.1 Å². The number of benzene rings is 2. The van der Waals surface area contributed by atoms with Crippen molar-refractivity contribution in [2.45, 2.75) is 12.6 Å². The fourth-order valence-corrected chi connectivity index (χ4v) is 2.55. The number of aromatic nitrogens is 2. The zero-order valence-corrected chi connectivity index (χ0v) is 11.3. The van der Waals surface area contributed by atoms with Gasteiger partial charge in [0, 0.05) is 0 Å². The number of aromatic amines is 1. The third kappa shape index (κ3) is 1.72. The fraction of sp³-hybridized carbons (Fsp3) is 0.133. The Morgan fingerprint density at radius 2 is 2.05 bits per heavy atom. The molecule has 104 valence electrons. The maximum atomic E-state index is 13.3. The second-order valence-electron chi connectivity index (χ2n) is 5.21. The van der Waals surface area contributed by atoms with Gasteiger partial charge in [-0.1, -0.05) is 6.07 Å². The molecule has 1 unspecified atom stereocenters. The molecule has 21 heavy (non-hydrogen) atoms. The van der Waals surface area contributed by atoms with Gasteiger partial charge in [0.15, 0.2) is 5.82 Å². The van der Waals surface area contributed by atoms with Crippen molar-refractivity contribution in [2.24, 2.45) is 9.98 Å². The van der Waals surface area contributed by atoms with Crippen LogP contribution in [0.25, 0.3) is 11.0 Å². The summed E-state index contributed by atoms with van der Waals surface area (Å²) in [5.41, 5.74) is 6.96. The predicted octanol–water partition coefficient (Wildman–Crippen LogP) is 1.41. The predicted molar refractivity (Wildman–Crippen MR) is 76.6 cm³/mol. The summed E-state index contributed by atoms with van der Waals surface area (Å²) in [6.07, 6.45) is 0. The van der Waals surface area contributed by atoms with Gasteiger partial charge in [0.25, 0.3) is 0 Å². The number of nitrogens with zero attached hydrogens (tertiary/aromatic N) is 3. The van der Waals surface area contributed by atoms with E-state index in [9.17, 15) is 4.39 Å². The number of H-pyrrole nitrogens is 1. The van der Waals surface area contributed by atoms with Crippen molar-refractivity contribution in [3.05, 3.63) is 58.8 Å². The molecule has 0 saturated carbocycles. The van der Waals surface area contributed by atoms with E-state index in [1.54, 1.807) is 12.1 Å². The number of nitrogens with two attached hydrogens (primary N) is 1. The Morgan fingerprint density at radius 3 is 2.86 bits per heavy atom. The molecule has 2 heterocycles. The van der Waals surface area contributed by atoms with Gasteiger partial charge in [0.2, 0.25) is 5.66 Å². The number of nitrogen functional groups attached to an aromatic ring is 1. The van der Waals surface area contributed by atoms with Crippen molar-refractivity contribution in [1.82, 2.24) is 9.97 Å². The molecule has 0 spiro atoms. The van der Waals surface area contributed by atoms with Crippen LogP contribution in [-0.4, -0.2) is 9.97 Å². The zero-order valence-electron chi connectivity index (χ0n) is 11.3. The molecular formula is C15H12FN5. The van der Waals surface area contributed by atoms with Crippen LogP contribution >= 0.6 is 0 Å². The third-order valence-electron chi connectivity index (χ3n) is 3.61. The Labute approximate surface area is 119 Å². The first kappa shape index (κ1) is 12.0. The molecular weight excluding hydrogens is 269 g/mol. The van der Waals surface area contributed by atoms with Crippen LogP contribution in [0.2, 0.25) is 0 Å². The largest absolute Gasteiger partial charge is 0.397 e. The number of hydrogen-bond acceptors (Lipinski definition) is 4. The first-order valence-electron chi connectivity index (χ1n) is 6.55. The summed E-state index contributed by atoms with van der Waals surface area (Å²) in [5, 5.41) is 1.41. The van der Waals surface area contributed by atoms with Crippen molar-refractivity contribution in [3.63, 3.8) is 0 Å². The first-order valence-corrected chi connectivity index (χ1v) is 6.55. The highest BCUT2D eigenvalue weighted by Gasteiger charge is 2.31. The Kier molecular flexibility index (Phi) is 2.22. The second kappa shape index (κ2) is 3.88. The highest BCUT2D eigenvalue weighted by atomic mass is 19.1. The van der Waals surface area contributed by atoms with Crippen LogP contribution in [0, 0.1) is 5.82 Å². The van der Waals surface area contributed by atoms with Crippen molar-refractivity contribution >= 4 is 16.7 Å². The second-order valence-corrected chi connectivity index (χ2v) is 5.21. The van der Waals surface area contributed by atoms with Crippen LogP contribution in [-0.2, 0) is 5.66 Å². The molecule has 6 heteroatoms. The van der Waals surface area contributed by atoms with Crippen molar-refractivity contribution in [2.75, 3.05) is 5.73 Å². The molecule has 3 aromatic rings. The van der Waals surface area contributed by atoms with Gasteiger partial charge in [-0.05, 0) is 37.3 Å². The van der Waals surface area contributed by atoms with E-state index in [0.717, 1.165) is 5.36 Å². The molecule has 2 aromatic carbocycles. The Bertz CT molecular complexity index is 991. The van der Waals surface area contributed by atoms with Gasteiger partial charge in [0.1, 0.15) is 11.2 Å². The Morgan fingerprint density at radius 1 is 1.19 bits per heavy atom. The van der Waals surface area contributed by atoms with E-state index in [1.165, 1.54) is 12.1 Å². The number of anilines is 1. The first-order chi connectivity index (χ1) is 10.0. The molecule has 0 bridgehead atoms. The lowest BCUT2D eigenvalue weighted by Gasteiger charge is -2.13. The van der Waals surface area contributed by atoms with Crippen LogP contribution in [0.1, 0.15) is 12.7 Å². The molecule has 1 atom stereocenters. The van der Waals surface area contributed by atoms with Gasteiger partial charge in [-0.2, -0.15) is 0 Å². The monoisotopic (exact) mass is 281 g/mol. The molecule has 0 saturated heterocycles. The minimum absolute atomic E-state index is 0.310. The van der Waals surface area contributed by atoms with E-state index in [-0.39, 0.29) is 5.82 Å². The van der Waals surface area contributed by atoms with E-state index in [0.29, 0.717) is 27.9 Å². The topological polar surface area (TPSA) is 79.4 Å². The van der Waals surface area contributed by atoms with Crippen LogP contribution in [0.5, 0.6) is 0 Å². The number of imidazole rings is 1. The van der Waals surface area contributed by atoms with Crippen LogP contribution in [0.15, 0.2) is 46.4 Å². The lowest BCUT2D eigenvalue weighted by Crippen LogP contribution is -2.24. The van der Waals surface area contributed by atoms with Crippen LogP contribution < -0.4 is 16.4 Å². The number of halogens is 1. The quantitative estimate of drug-likeness (QED) is 0.661. The molecule has 0 radical (unpaired) electrons. The van der Waals surface area contributed by atoms with Crippen molar-refractivity contribution in [3.8, 4) is 0 Å². The molecule has 0 aliphatic carbocycles. The standard InChI is InChI=1S/C15H12FN5/c1-15(20-11-4-2-3-9(17)13(11)21-15)14-18-10-6-5-8(16)7-12(10)19-14/h2-7H,17H2,1H3,(H,18,19). The number of nitrogens with one attached hydrogen (secondary N) is 1. The smallest absolute Gasteiger partial charge is 0.206 e. The molecule has 0 fully saturated rings. The summed E-state index contributed by atoms with van der Waals surface area (Å²) < 4.78 is 13.3. The van der Waals surface area contributed by atoms with E-state index < -0.39 is 5.66 Å². The Balaban J connectivity index is 1.94. The molecule has 3 N–H and O–H groups in total. The molecule has 1 aliphatic rings. The number of hydrogen-bond donors (Lipinski definition) is 2. The molecule has 5 nitrogen and oxygen atoms in total. The molecule has 0 amide bonds.